The molecule has 1 aromatic rings. The number of rotatable bonds is 5. The number of carbonyl (C=O) groups excluding carboxylic acids is 1. The Kier molecular flexibility index (Phi) is 5.00. The van der Waals surface area contributed by atoms with E-state index in [1.54, 1.807) is 25.1 Å². The van der Waals surface area contributed by atoms with Gasteiger partial charge in [-0.2, -0.15) is 0 Å². The lowest BCUT2D eigenvalue weighted by atomic mass is 10.1. The van der Waals surface area contributed by atoms with Crippen molar-refractivity contribution in [3.05, 3.63) is 35.9 Å². The van der Waals surface area contributed by atoms with E-state index in [1.165, 1.54) is 13.2 Å². The van der Waals surface area contributed by atoms with Crippen molar-refractivity contribution in [2.24, 2.45) is 0 Å². The normalized spacial score (nSPS) is 10.4. The average Bonchev–Trinajstić information content (AvgIpc) is 2.37. The van der Waals surface area contributed by atoms with Gasteiger partial charge in [0.25, 0.3) is 0 Å². The molecule has 19 heavy (non-hydrogen) atoms. The Morgan fingerprint density at radius 2 is 2.11 bits per heavy atom. The summed E-state index contributed by atoms with van der Waals surface area (Å²) in [5.41, 5.74) is 0.941. The van der Waals surface area contributed by atoms with Crippen LogP contribution in [0.15, 0.2) is 30.4 Å². The zero-order chi connectivity index (χ0) is 14.4. The minimum Gasteiger partial charge on any atom is -0.504 e. The Bertz CT molecular complexity index is 517. The lowest BCUT2D eigenvalue weighted by Gasteiger charge is -2.06. The van der Waals surface area contributed by atoms with E-state index in [2.05, 4.69) is 6.58 Å². The van der Waals surface area contributed by atoms with Gasteiger partial charge in [0.1, 0.15) is 6.61 Å². The number of phenols is 2. The zero-order valence-electron chi connectivity index (χ0n) is 10.8. The molecule has 0 aliphatic rings. The van der Waals surface area contributed by atoms with Gasteiger partial charge < -0.3 is 19.7 Å². The van der Waals surface area contributed by atoms with Crippen LogP contribution in [0.3, 0.4) is 0 Å². The van der Waals surface area contributed by atoms with Gasteiger partial charge in [0.05, 0.1) is 7.11 Å². The molecular weight excluding hydrogens is 248 g/mol. The molecule has 0 aliphatic heterocycles. The third kappa shape index (κ3) is 4.06. The van der Waals surface area contributed by atoms with E-state index in [0.29, 0.717) is 11.1 Å². The first-order valence-electron chi connectivity index (χ1n) is 5.55. The van der Waals surface area contributed by atoms with Crippen molar-refractivity contribution in [1.82, 2.24) is 0 Å². The number of hydrogen-bond donors (Lipinski definition) is 2. The molecule has 1 aromatic carbocycles. The predicted molar refractivity (Wildman–Crippen MR) is 71.1 cm³/mol. The third-order valence-electron chi connectivity index (χ3n) is 2.27. The summed E-state index contributed by atoms with van der Waals surface area (Å²) in [5, 5.41) is 18.9. The first-order chi connectivity index (χ1) is 8.95. The summed E-state index contributed by atoms with van der Waals surface area (Å²) in [5.74, 6) is -0.888. The molecule has 0 radical (unpaired) electrons. The van der Waals surface area contributed by atoms with E-state index in [4.69, 9.17) is 9.47 Å². The molecule has 0 aromatic heterocycles. The van der Waals surface area contributed by atoms with Gasteiger partial charge in [-0.3, -0.25) is 0 Å². The van der Waals surface area contributed by atoms with E-state index in [0.717, 1.165) is 0 Å². The van der Waals surface area contributed by atoms with E-state index in [1.807, 2.05) is 0 Å². The molecule has 2 N–H and O–H groups in total. The Balaban J connectivity index is 2.70. The number of methoxy groups -OCH3 is 1. The first-order valence-corrected chi connectivity index (χ1v) is 5.55. The summed E-state index contributed by atoms with van der Waals surface area (Å²) >= 11 is 0. The highest BCUT2D eigenvalue weighted by Gasteiger charge is 2.08. The number of hydrogen-bond acceptors (Lipinski definition) is 5. The number of esters is 1. The van der Waals surface area contributed by atoms with Gasteiger partial charge in [-0.15, -0.1) is 0 Å². The Morgan fingerprint density at radius 3 is 2.68 bits per heavy atom. The van der Waals surface area contributed by atoms with Gasteiger partial charge >= 0.3 is 5.97 Å². The lowest BCUT2D eigenvalue weighted by molar-refractivity contribution is -0.137. The Labute approximate surface area is 111 Å². The number of phenolic OH excluding ortho intramolecular Hbond substituents is 2. The molecule has 0 aliphatic carbocycles. The second-order valence-corrected chi connectivity index (χ2v) is 3.87. The molecule has 0 spiro atoms. The summed E-state index contributed by atoms with van der Waals surface area (Å²) in [7, 11) is 1.39. The number of benzene rings is 1. The maximum Gasteiger partial charge on any atom is 0.333 e. The molecular formula is C14H16O5. The second kappa shape index (κ2) is 6.49. The van der Waals surface area contributed by atoms with Gasteiger partial charge in [0.15, 0.2) is 11.5 Å². The molecule has 0 unspecified atom stereocenters. The summed E-state index contributed by atoms with van der Waals surface area (Å²) in [6.07, 6.45) is 3.24. The highest BCUT2D eigenvalue weighted by molar-refractivity contribution is 5.87. The van der Waals surface area contributed by atoms with Crippen molar-refractivity contribution >= 4 is 12.0 Å². The van der Waals surface area contributed by atoms with Crippen LogP contribution in [0.25, 0.3) is 6.08 Å². The predicted octanol–water partition coefficient (Wildman–Crippen LogP) is 2.24. The summed E-state index contributed by atoms with van der Waals surface area (Å²) in [6.45, 7) is 5.12. The fraction of sp³-hybridized carbons (Fsp3) is 0.214. The first kappa shape index (κ1) is 14.6. The van der Waals surface area contributed by atoms with E-state index in [-0.39, 0.29) is 23.9 Å². The molecule has 0 bridgehead atoms. The fourth-order valence-electron chi connectivity index (χ4n) is 1.30. The van der Waals surface area contributed by atoms with Gasteiger partial charge in [-0.1, -0.05) is 12.7 Å². The molecule has 0 heterocycles. The largest absolute Gasteiger partial charge is 0.504 e. The summed E-state index contributed by atoms with van der Waals surface area (Å²) < 4.78 is 9.77. The number of aromatic hydroxyl groups is 2. The standard InChI is InChI=1S/C14H16O5/c1-9(2)14(17)19-6-4-5-10-7-11(15)13(16)12(8-10)18-3/h4-5,7-8,15-16H,1,6H2,2-3H3. The molecule has 5 nitrogen and oxygen atoms in total. The van der Waals surface area contributed by atoms with Crippen molar-refractivity contribution in [2.45, 2.75) is 6.92 Å². The van der Waals surface area contributed by atoms with Crippen LogP contribution in [-0.4, -0.2) is 29.9 Å². The van der Waals surface area contributed by atoms with Crippen LogP contribution in [0.4, 0.5) is 0 Å². The summed E-state index contributed by atoms with van der Waals surface area (Å²) in [6, 6.07) is 2.92. The van der Waals surface area contributed by atoms with Crippen LogP contribution in [0.1, 0.15) is 12.5 Å². The van der Waals surface area contributed by atoms with Crippen LogP contribution in [0.2, 0.25) is 0 Å². The SMILES string of the molecule is C=C(C)C(=O)OCC=Cc1cc(O)c(O)c(OC)c1. The van der Waals surface area contributed by atoms with Gasteiger partial charge in [0, 0.05) is 5.57 Å². The average molecular weight is 264 g/mol. The van der Waals surface area contributed by atoms with E-state index < -0.39 is 5.97 Å². The molecule has 0 atom stereocenters. The van der Waals surface area contributed by atoms with Crippen LogP contribution in [-0.2, 0) is 9.53 Å². The number of carbonyl (C=O) groups is 1. The minimum absolute atomic E-state index is 0.0929. The van der Waals surface area contributed by atoms with Crippen molar-refractivity contribution < 1.29 is 24.5 Å². The highest BCUT2D eigenvalue weighted by atomic mass is 16.5. The van der Waals surface area contributed by atoms with Crippen LogP contribution >= 0.6 is 0 Å². The molecule has 0 saturated carbocycles. The molecule has 1 rings (SSSR count). The maximum atomic E-state index is 11.1. The van der Waals surface area contributed by atoms with Crippen molar-refractivity contribution in [3.63, 3.8) is 0 Å². The minimum atomic E-state index is -0.462. The van der Waals surface area contributed by atoms with Gasteiger partial charge in [-0.05, 0) is 30.7 Å². The summed E-state index contributed by atoms with van der Waals surface area (Å²) in [4.78, 5) is 11.1. The Hall–Kier alpha value is -2.43. The smallest absolute Gasteiger partial charge is 0.333 e. The zero-order valence-corrected chi connectivity index (χ0v) is 10.8. The van der Waals surface area contributed by atoms with Crippen LogP contribution < -0.4 is 4.74 Å². The second-order valence-electron chi connectivity index (χ2n) is 3.87. The monoisotopic (exact) mass is 264 g/mol. The van der Waals surface area contributed by atoms with Gasteiger partial charge in [0.2, 0.25) is 5.75 Å². The molecule has 0 fully saturated rings. The van der Waals surface area contributed by atoms with Crippen molar-refractivity contribution in [2.75, 3.05) is 13.7 Å². The quantitative estimate of drug-likeness (QED) is 0.484. The molecule has 0 saturated heterocycles. The molecule has 0 amide bonds. The van der Waals surface area contributed by atoms with Crippen molar-refractivity contribution in [1.29, 1.82) is 0 Å². The van der Waals surface area contributed by atoms with E-state index >= 15 is 0 Å². The molecule has 5 heteroatoms. The van der Waals surface area contributed by atoms with Crippen LogP contribution in [0, 0.1) is 0 Å². The number of ether oxygens (including phenoxy) is 2. The topological polar surface area (TPSA) is 76.0 Å². The Morgan fingerprint density at radius 1 is 1.42 bits per heavy atom. The lowest BCUT2D eigenvalue weighted by Crippen LogP contribution is -2.04. The maximum absolute atomic E-state index is 11.1. The van der Waals surface area contributed by atoms with Crippen molar-refractivity contribution in [3.8, 4) is 17.2 Å². The fourth-order valence-corrected chi connectivity index (χ4v) is 1.30. The van der Waals surface area contributed by atoms with Crippen LogP contribution in [0.5, 0.6) is 17.2 Å². The van der Waals surface area contributed by atoms with Gasteiger partial charge in [-0.25, -0.2) is 4.79 Å². The third-order valence-corrected chi connectivity index (χ3v) is 2.27. The van der Waals surface area contributed by atoms with E-state index in [9.17, 15) is 15.0 Å². The molecule has 102 valence electrons. The highest BCUT2D eigenvalue weighted by Crippen LogP contribution is 2.36.